The highest BCUT2D eigenvalue weighted by molar-refractivity contribution is 9.10. The van der Waals surface area contributed by atoms with Crippen LogP contribution in [-0.4, -0.2) is 19.6 Å². The van der Waals surface area contributed by atoms with E-state index in [9.17, 15) is 8.42 Å². The van der Waals surface area contributed by atoms with Crippen LogP contribution in [0.4, 0.5) is 0 Å². The van der Waals surface area contributed by atoms with Gasteiger partial charge in [0.15, 0.2) is 0 Å². The van der Waals surface area contributed by atoms with Crippen LogP contribution in [0.5, 0.6) is 0 Å². The molecule has 1 aromatic rings. The molecule has 1 unspecified atom stereocenters. The first kappa shape index (κ1) is 13.7. The summed E-state index contributed by atoms with van der Waals surface area (Å²) in [6.45, 7) is 2.57. The molecule has 0 heterocycles. The Bertz CT molecular complexity index is 405. The molecule has 5 heteroatoms. The first-order valence-electron chi connectivity index (χ1n) is 5.13. The van der Waals surface area contributed by atoms with E-state index in [4.69, 9.17) is 0 Å². The lowest BCUT2D eigenvalue weighted by atomic mass is 9.98. The predicted octanol–water partition coefficient (Wildman–Crippen LogP) is 2.45. The molecule has 3 nitrogen and oxygen atoms in total. The summed E-state index contributed by atoms with van der Waals surface area (Å²) < 4.78 is 24.8. The van der Waals surface area contributed by atoms with Gasteiger partial charge in [-0.2, -0.15) is 0 Å². The summed E-state index contributed by atoms with van der Waals surface area (Å²) in [5.74, 6) is 0.360. The van der Waals surface area contributed by atoms with E-state index in [0.29, 0.717) is 12.5 Å². The van der Waals surface area contributed by atoms with Gasteiger partial charge in [0.2, 0.25) is 10.0 Å². The molecule has 0 aliphatic heterocycles. The van der Waals surface area contributed by atoms with E-state index in [2.05, 4.69) is 39.7 Å². The molecule has 1 rings (SSSR count). The van der Waals surface area contributed by atoms with Crippen LogP contribution in [0.3, 0.4) is 0 Å². The molecular weight excluding hydrogens is 290 g/mol. The van der Waals surface area contributed by atoms with Crippen LogP contribution in [0, 0.1) is 0 Å². The molecule has 1 atom stereocenters. The lowest BCUT2D eigenvalue weighted by molar-refractivity contribution is 0.577. The molecule has 90 valence electrons. The molecular formula is C11H16BrNO2S. The van der Waals surface area contributed by atoms with Crippen LogP contribution in [0.1, 0.15) is 24.8 Å². The smallest absolute Gasteiger partial charge is 0.214 e. The van der Waals surface area contributed by atoms with Gasteiger partial charge in [0.05, 0.1) is 0 Å². The Morgan fingerprint density at radius 2 is 1.94 bits per heavy atom. The van der Waals surface area contributed by atoms with Crippen molar-refractivity contribution in [3.8, 4) is 0 Å². The normalized spacial score (nSPS) is 13.6. The molecule has 0 aliphatic carbocycles. The van der Waals surface area contributed by atoms with Gasteiger partial charge in [-0.15, -0.1) is 0 Å². The molecule has 0 amide bonds. The molecule has 16 heavy (non-hydrogen) atoms. The van der Waals surface area contributed by atoms with E-state index in [-0.39, 0.29) is 4.66 Å². The third-order valence-electron chi connectivity index (χ3n) is 2.41. The highest BCUT2D eigenvalue weighted by atomic mass is 79.9. The number of hydrogen-bond donors (Lipinski definition) is 1. The molecule has 0 saturated heterocycles. The minimum absolute atomic E-state index is 0.0419. The van der Waals surface area contributed by atoms with Gasteiger partial charge in [-0.05, 0) is 17.9 Å². The average Bonchev–Trinajstić information content (AvgIpc) is 2.30. The first-order valence-corrected chi connectivity index (χ1v) is 7.91. The molecule has 0 fully saturated rings. The Morgan fingerprint density at radius 3 is 2.50 bits per heavy atom. The largest absolute Gasteiger partial charge is 0.221 e. The molecule has 1 aromatic carbocycles. The van der Waals surface area contributed by atoms with Gasteiger partial charge >= 0.3 is 0 Å². The van der Waals surface area contributed by atoms with Crippen LogP contribution < -0.4 is 4.72 Å². The number of nitrogens with one attached hydrogen (secondary N) is 1. The number of alkyl halides is 1. The van der Waals surface area contributed by atoms with Gasteiger partial charge in [0, 0.05) is 6.54 Å². The van der Waals surface area contributed by atoms with Crippen LogP contribution in [-0.2, 0) is 10.0 Å². The summed E-state index contributed by atoms with van der Waals surface area (Å²) in [5.41, 5.74) is 1.24. The van der Waals surface area contributed by atoms with Crippen LogP contribution in [0.25, 0.3) is 0 Å². The molecule has 0 saturated carbocycles. The van der Waals surface area contributed by atoms with Crippen molar-refractivity contribution in [3.05, 3.63) is 35.9 Å². The lowest BCUT2D eigenvalue weighted by Gasteiger charge is -2.11. The van der Waals surface area contributed by atoms with Crippen LogP contribution in [0.2, 0.25) is 0 Å². The van der Waals surface area contributed by atoms with Gasteiger partial charge in [0.1, 0.15) is 4.66 Å². The highest BCUT2D eigenvalue weighted by Crippen LogP contribution is 2.17. The minimum Gasteiger partial charge on any atom is -0.214 e. The Hall–Kier alpha value is -0.390. The summed E-state index contributed by atoms with van der Waals surface area (Å²) in [7, 11) is -3.13. The molecule has 1 N–H and O–H groups in total. The summed E-state index contributed by atoms with van der Waals surface area (Å²) in [6.07, 6.45) is 0.802. The zero-order valence-corrected chi connectivity index (χ0v) is 11.6. The molecule has 0 aliphatic rings. The van der Waals surface area contributed by atoms with Gasteiger partial charge in [0.25, 0.3) is 0 Å². The SMILES string of the molecule is CC(CCNS(=O)(=O)CBr)c1ccccc1. The van der Waals surface area contributed by atoms with E-state index in [1.165, 1.54) is 5.56 Å². The van der Waals surface area contributed by atoms with Crippen molar-refractivity contribution in [3.63, 3.8) is 0 Å². The third kappa shape index (κ3) is 4.63. The summed E-state index contributed by atoms with van der Waals surface area (Å²) in [6, 6.07) is 10.1. The van der Waals surface area contributed by atoms with Crippen molar-refractivity contribution in [1.29, 1.82) is 0 Å². The van der Waals surface area contributed by atoms with E-state index in [1.54, 1.807) is 0 Å². The Labute approximate surface area is 105 Å². The highest BCUT2D eigenvalue weighted by Gasteiger charge is 2.09. The zero-order valence-electron chi connectivity index (χ0n) is 9.19. The Morgan fingerprint density at radius 1 is 1.31 bits per heavy atom. The second-order valence-corrected chi connectivity index (χ2v) is 6.83. The monoisotopic (exact) mass is 305 g/mol. The average molecular weight is 306 g/mol. The van der Waals surface area contributed by atoms with Crippen molar-refractivity contribution in [1.82, 2.24) is 4.72 Å². The van der Waals surface area contributed by atoms with E-state index in [1.807, 2.05) is 18.2 Å². The topological polar surface area (TPSA) is 46.2 Å². The number of hydrogen-bond acceptors (Lipinski definition) is 2. The quantitative estimate of drug-likeness (QED) is 0.821. The first-order chi connectivity index (χ1) is 7.55. The van der Waals surface area contributed by atoms with Gasteiger partial charge in [-0.1, -0.05) is 53.2 Å². The fourth-order valence-corrected chi connectivity index (χ4v) is 2.41. The van der Waals surface area contributed by atoms with Gasteiger partial charge in [-0.25, -0.2) is 13.1 Å². The fourth-order valence-electron chi connectivity index (χ4n) is 1.42. The maximum Gasteiger partial charge on any atom is 0.221 e. The predicted molar refractivity (Wildman–Crippen MR) is 70.2 cm³/mol. The third-order valence-corrected chi connectivity index (χ3v) is 5.15. The molecule has 0 radical (unpaired) electrons. The van der Waals surface area contributed by atoms with Crippen molar-refractivity contribution >= 4 is 26.0 Å². The number of benzene rings is 1. The van der Waals surface area contributed by atoms with E-state index in [0.717, 1.165) is 6.42 Å². The summed E-state index contributed by atoms with van der Waals surface area (Å²) in [4.78, 5) is 0. The maximum absolute atomic E-state index is 11.2. The Balaban J connectivity index is 2.40. The van der Waals surface area contributed by atoms with E-state index >= 15 is 0 Å². The van der Waals surface area contributed by atoms with Crippen LogP contribution >= 0.6 is 15.9 Å². The minimum atomic E-state index is -3.13. The number of sulfonamides is 1. The maximum atomic E-state index is 11.2. The van der Waals surface area contributed by atoms with Gasteiger partial charge in [-0.3, -0.25) is 0 Å². The lowest BCUT2D eigenvalue weighted by Crippen LogP contribution is -2.26. The standard InChI is InChI=1S/C11H16BrNO2S/c1-10(11-5-3-2-4-6-11)7-8-13-16(14,15)9-12/h2-6,10,13H,7-9H2,1H3. The second kappa shape index (κ2) is 6.37. The fraction of sp³-hybridized carbons (Fsp3) is 0.455. The van der Waals surface area contributed by atoms with Gasteiger partial charge < -0.3 is 0 Å². The van der Waals surface area contributed by atoms with E-state index < -0.39 is 10.0 Å². The molecule has 0 bridgehead atoms. The Kier molecular flexibility index (Phi) is 5.44. The number of rotatable bonds is 6. The van der Waals surface area contributed by atoms with Crippen LogP contribution in [0.15, 0.2) is 30.3 Å². The van der Waals surface area contributed by atoms with Crippen molar-refractivity contribution in [2.45, 2.75) is 19.3 Å². The number of halogens is 1. The zero-order chi connectivity index (χ0) is 12.0. The van der Waals surface area contributed by atoms with Crippen molar-refractivity contribution in [2.75, 3.05) is 11.2 Å². The van der Waals surface area contributed by atoms with Crippen molar-refractivity contribution < 1.29 is 8.42 Å². The van der Waals surface area contributed by atoms with Crippen molar-refractivity contribution in [2.24, 2.45) is 0 Å². The molecule has 0 spiro atoms. The second-order valence-electron chi connectivity index (χ2n) is 3.72. The molecule has 0 aromatic heterocycles. The summed E-state index contributed by atoms with van der Waals surface area (Å²) in [5, 5.41) is 0. The summed E-state index contributed by atoms with van der Waals surface area (Å²) >= 11 is 2.93.